The van der Waals surface area contributed by atoms with Gasteiger partial charge < -0.3 is 11.1 Å². The monoisotopic (exact) mass is 325 g/mol. The van der Waals surface area contributed by atoms with E-state index >= 15 is 0 Å². The van der Waals surface area contributed by atoms with Gasteiger partial charge in [0.25, 0.3) is 5.91 Å². The van der Waals surface area contributed by atoms with Crippen LogP contribution in [0.25, 0.3) is 0 Å². The van der Waals surface area contributed by atoms with Crippen molar-refractivity contribution in [2.45, 2.75) is 25.6 Å². The molecule has 0 aromatic carbocycles. The summed E-state index contributed by atoms with van der Waals surface area (Å²) in [4.78, 5) is 15.4. The molecule has 0 saturated heterocycles. The average molecular weight is 326 g/mol. The quantitative estimate of drug-likeness (QED) is 0.897. The van der Waals surface area contributed by atoms with Crippen molar-refractivity contribution in [3.8, 4) is 0 Å². The van der Waals surface area contributed by atoms with Gasteiger partial charge in [0.1, 0.15) is 11.9 Å². The lowest BCUT2D eigenvalue weighted by molar-refractivity contribution is -0.153. The molecule has 18 heavy (non-hydrogen) atoms. The number of anilines is 1. The van der Waals surface area contributed by atoms with E-state index in [0.29, 0.717) is 4.47 Å². The lowest BCUT2D eigenvalue weighted by Crippen LogP contribution is -2.45. The van der Waals surface area contributed by atoms with E-state index in [1.54, 1.807) is 0 Å². The Morgan fingerprint density at radius 1 is 1.61 bits per heavy atom. The summed E-state index contributed by atoms with van der Waals surface area (Å²) in [5, 5.41) is 1.89. The minimum Gasteiger partial charge on any atom is -0.383 e. The number of nitrogens with zero attached hydrogens (tertiary/aromatic N) is 1. The van der Waals surface area contributed by atoms with Crippen molar-refractivity contribution in [1.29, 1.82) is 0 Å². The first-order valence-corrected chi connectivity index (χ1v) is 5.83. The van der Waals surface area contributed by atoms with Crippen molar-refractivity contribution >= 4 is 27.7 Å². The van der Waals surface area contributed by atoms with Gasteiger partial charge in [-0.25, -0.2) is 4.98 Å². The minimum absolute atomic E-state index is 0.0907. The third-order valence-corrected chi connectivity index (χ3v) is 2.67. The van der Waals surface area contributed by atoms with Crippen LogP contribution < -0.4 is 11.1 Å². The van der Waals surface area contributed by atoms with Gasteiger partial charge in [-0.15, -0.1) is 0 Å². The van der Waals surface area contributed by atoms with Gasteiger partial charge in [0.05, 0.1) is 5.56 Å². The molecule has 0 saturated carbocycles. The average Bonchev–Trinajstić information content (AvgIpc) is 2.27. The van der Waals surface area contributed by atoms with E-state index in [1.165, 1.54) is 19.2 Å². The fourth-order valence-electron chi connectivity index (χ4n) is 1.28. The molecule has 0 unspecified atom stereocenters. The van der Waals surface area contributed by atoms with E-state index in [0.717, 1.165) is 0 Å². The van der Waals surface area contributed by atoms with Gasteiger partial charge >= 0.3 is 6.18 Å². The highest BCUT2D eigenvalue weighted by Gasteiger charge is 2.39. The number of carbonyl (C=O) groups is 1. The maximum atomic E-state index is 12.5. The fraction of sp³-hybridized carbons (Fsp3) is 0.400. The number of halogens is 4. The predicted octanol–water partition coefficient (Wildman–Crippen LogP) is 2.50. The Morgan fingerprint density at radius 3 is 2.72 bits per heavy atom. The number of carbonyl (C=O) groups excluding carboxylic acids is 1. The molecular formula is C10H11BrF3N3O. The van der Waals surface area contributed by atoms with Crippen LogP contribution in [0.3, 0.4) is 0 Å². The molecule has 3 N–H and O–H groups in total. The molecule has 1 heterocycles. The summed E-state index contributed by atoms with van der Waals surface area (Å²) in [5.74, 6) is -1.02. The summed E-state index contributed by atoms with van der Waals surface area (Å²) in [6, 6.07) is -0.579. The van der Waals surface area contributed by atoms with Gasteiger partial charge in [-0.1, -0.05) is 6.92 Å². The second kappa shape index (κ2) is 5.55. The van der Waals surface area contributed by atoms with Gasteiger partial charge in [0, 0.05) is 10.7 Å². The van der Waals surface area contributed by atoms with Gasteiger partial charge in [-0.05, 0) is 28.4 Å². The Bertz CT molecular complexity index is 450. The highest BCUT2D eigenvalue weighted by molar-refractivity contribution is 9.10. The topological polar surface area (TPSA) is 68.0 Å². The number of nitrogen functional groups attached to an aromatic ring is 1. The van der Waals surface area contributed by atoms with Gasteiger partial charge in [-0.3, -0.25) is 4.79 Å². The minimum atomic E-state index is -4.49. The van der Waals surface area contributed by atoms with Crippen molar-refractivity contribution in [2.24, 2.45) is 0 Å². The molecule has 1 rings (SSSR count). The Morgan fingerprint density at radius 2 is 2.22 bits per heavy atom. The molecule has 4 nitrogen and oxygen atoms in total. The lowest BCUT2D eigenvalue weighted by Gasteiger charge is -2.20. The second-order valence-corrected chi connectivity index (χ2v) is 4.48. The second-order valence-electron chi connectivity index (χ2n) is 3.56. The smallest absolute Gasteiger partial charge is 0.383 e. The van der Waals surface area contributed by atoms with Gasteiger partial charge in [0.2, 0.25) is 0 Å². The number of pyridine rings is 1. The van der Waals surface area contributed by atoms with Crippen LogP contribution in [0.5, 0.6) is 0 Å². The van der Waals surface area contributed by atoms with Crippen molar-refractivity contribution in [1.82, 2.24) is 10.3 Å². The Kier molecular flexibility index (Phi) is 4.55. The zero-order valence-electron chi connectivity index (χ0n) is 9.38. The lowest BCUT2D eigenvalue weighted by atomic mass is 10.2. The summed E-state index contributed by atoms with van der Waals surface area (Å²) in [7, 11) is 0. The molecule has 0 radical (unpaired) electrons. The molecule has 1 amide bonds. The molecule has 8 heteroatoms. The molecule has 1 atom stereocenters. The van der Waals surface area contributed by atoms with Crippen molar-refractivity contribution in [3.05, 3.63) is 22.3 Å². The van der Waals surface area contributed by atoms with Crippen LogP contribution in [0.4, 0.5) is 19.0 Å². The first-order chi connectivity index (χ1) is 8.25. The number of alkyl halides is 3. The highest BCUT2D eigenvalue weighted by Crippen LogP contribution is 2.23. The molecule has 0 spiro atoms. The number of hydrogen-bond acceptors (Lipinski definition) is 3. The third kappa shape index (κ3) is 3.59. The van der Waals surface area contributed by atoms with E-state index in [-0.39, 0.29) is 17.8 Å². The van der Waals surface area contributed by atoms with Crippen LogP contribution in [0, 0.1) is 0 Å². The van der Waals surface area contributed by atoms with Crippen LogP contribution >= 0.6 is 15.9 Å². The summed E-state index contributed by atoms with van der Waals surface area (Å²) < 4.78 is 38.0. The van der Waals surface area contributed by atoms with Crippen molar-refractivity contribution in [3.63, 3.8) is 0 Å². The molecule has 0 aliphatic carbocycles. The molecule has 0 bridgehead atoms. The number of hydrogen-bond donors (Lipinski definition) is 2. The van der Waals surface area contributed by atoms with Crippen molar-refractivity contribution in [2.75, 3.05) is 5.73 Å². The number of amides is 1. The molecule has 0 fully saturated rings. The van der Waals surface area contributed by atoms with E-state index in [4.69, 9.17) is 5.73 Å². The Balaban J connectivity index is 2.91. The number of nitrogens with one attached hydrogen (secondary N) is 1. The van der Waals surface area contributed by atoms with E-state index in [9.17, 15) is 18.0 Å². The van der Waals surface area contributed by atoms with Crippen LogP contribution in [0.1, 0.15) is 23.7 Å². The van der Waals surface area contributed by atoms with Gasteiger partial charge in [-0.2, -0.15) is 13.2 Å². The Labute approximate surface area is 110 Å². The highest BCUT2D eigenvalue weighted by atomic mass is 79.9. The van der Waals surface area contributed by atoms with E-state index in [1.807, 2.05) is 5.32 Å². The largest absolute Gasteiger partial charge is 0.408 e. The van der Waals surface area contributed by atoms with Crippen LogP contribution in [0.15, 0.2) is 16.7 Å². The fourth-order valence-corrected chi connectivity index (χ4v) is 1.61. The van der Waals surface area contributed by atoms with Crippen LogP contribution in [-0.2, 0) is 0 Å². The molecule has 0 aliphatic heterocycles. The molecule has 0 aliphatic rings. The van der Waals surface area contributed by atoms with Crippen LogP contribution in [-0.4, -0.2) is 23.1 Å². The number of aromatic nitrogens is 1. The first-order valence-electron chi connectivity index (χ1n) is 5.04. The summed E-state index contributed by atoms with van der Waals surface area (Å²) in [5.41, 5.74) is 5.35. The SMILES string of the molecule is CC[C@H](NC(=O)c1cc(Br)cnc1N)C(F)(F)F. The summed E-state index contributed by atoms with van der Waals surface area (Å²) in [6.45, 7) is 1.33. The van der Waals surface area contributed by atoms with E-state index < -0.39 is 18.1 Å². The number of nitrogens with two attached hydrogens (primary N) is 1. The molecule has 1 aromatic rings. The van der Waals surface area contributed by atoms with E-state index in [2.05, 4.69) is 20.9 Å². The normalized spacial score (nSPS) is 13.2. The predicted molar refractivity (Wildman–Crippen MR) is 63.9 cm³/mol. The maximum absolute atomic E-state index is 12.5. The Hall–Kier alpha value is -1.31. The number of rotatable bonds is 3. The molecule has 100 valence electrons. The maximum Gasteiger partial charge on any atom is 0.408 e. The molecular weight excluding hydrogens is 315 g/mol. The zero-order valence-corrected chi connectivity index (χ0v) is 11.0. The summed E-state index contributed by atoms with van der Waals surface area (Å²) >= 11 is 3.07. The zero-order chi connectivity index (χ0) is 13.9. The van der Waals surface area contributed by atoms with Crippen LogP contribution in [0.2, 0.25) is 0 Å². The standard InChI is InChI=1S/C10H11BrF3N3O/c1-2-7(10(12,13)14)17-9(18)6-3-5(11)4-16-8(6)15/h3-4,7H,2H2,1H3,(H2,15,16)(H,17,18)/t7-/m0/s1. The van der Waals surface area contributed by atoms with Crippen molar-refractivity contribution < 1.29 is 18.0 Å². The van der Waals surface area contributed by atoms with Gasteiger partial charge in [0.15, 0.2) is 0 Å². The molecule has 1 aromatic heterocycles. The summed E-state index contributed by atoms with van der Waals surface area (Å²) in [6.07, 6.45) is -3.39. The third-order valence-electron chi connectivity index (χ3n) is 2.24. The first kappa shape index (κ1) is 14.7.